The second-order valence-electron chi connectivity index (χ2n) is 8.90. The lowest BCUT2D eigenvalue weighted by molar-refractivity contribution is -0.113. The number of aryl methyl sites for hydroxylation is 3. The quantitative estimate of drug-likeness (QED) is 0.275. The Balaban J connectivity index is 1.40. The summed E-state index contributed by atoms with van der Waals surface area (Å²) in [6.45, 7) is 8.73. The number of allylic oxidation sites excluding steroid dienone is 1. The number of amides is 1. The Morgan fingerprint density at radius 2 is 2.06 bits per heavy atom. The maximum Gasteiger partial charge on any atom is 0.235 e. The molecule has 7 nitrogen and oxygen atoms in total. The molecule has 1 amide bonds. The number of thiophene rings is 1. The maximum absolute atomic E-state index is 12.8. The number of benzene rings is 1. The minimum absolute atomic E-state index is 0.160. The zero-order chi connectivity index (χ0) is 25.5. The topological polar surface area (TPSA) is 92.8 Å². The largest absolute Gasteiger partial charge is 0.486 e. The van der Waals surface area contributed by atoms with Gasteiger partial charge in [0.15, 0.2) is 11.0 Å². The molecule has 1 aromatic carbocycles. The third-order valence-electron chi connectivity index (χ3n) is 6.32. The molecule has 0 bridgehead atoms. The fraction of sp³-hybridized carbons (Fsp3) is 0.407. The van der Waals surface area contributed by atoms with Gasteiger partial charge in [-0.05, 0) is 68.4 Å². The Kier molecular flexibility index (Phi) is 8.83. The van der Waals surface area contributed by atoms with Gasteiger partial charge in [0.1, 0.15) is 23.4 Å². The molecule has 0 saturated carbocycles. The van der Waals surface area contributed by atoms with Gasteiger partial charge in [-0.1, -0.05) is 36.7 Å². The first-order chi connectivity index (χ1) is 17.5. The van der Waals surface area contributed by atoms with Gasteiger partial charge in [-0.2, -0.15) is 5.26 Å². The predicted octanol–water partition coefficient (Wildman–Crippen LogP) is 5.98. The van der Waals surface area contributed by atoms with E-state index in [0.29, 0.717) is 28.1 Å². The first-order valence-corrected chi connectivity index (χ1v) is 14.0. The van der Waals surface area contributed by atoms with Crippen LogP contribution in [0.1, 0.15) is 58.6 Å². The molecule has 188 valence electrons. The van der Waals surface area contributed by atoms with Gasteiger partial charge in [-0.15, -0.1) is 28.1 Å². The average molecular weight is 522 g/mol. The van der Waals surface area contributed by atoms with Crippen molar-refractivity contribution in [3.8, 4) is 11.8 Å². The summed E-state index contributed by atoms with van der Waals surface area (Å²) < 4.78 is 7.85. The molecule has 1 aliphatic carbocycles. The number of fused-ring (bicyclic) bond motifs is 1. The fourth-order valence-corrected chi connectivity index (χ4v) is 6.24. The molecule has 3 aromatic rings. The normalized spacial score (nSPS) is 13.2. The number of hydrogen-bond donors (Lipinski definition) is 1. The third-order valence-corrected chi connectivity index (χ3v) is 8.49. The Morgan fingerprint density at radius 1 is 1.25 bits per heavy atom. The third kappa shape index (κ3) is 6.18. The van der Waals surface area contributed by atoms with E-state index in [9.17, 15) is 10.1 Å². The Hall–Kier alpha value is -3.09. The van der Waals surface area contributed by atoms with E-state index in [2.05, 4.69) is 42.0 Å². The minimum Gasteiger partial charge on any atom is -0.486 e. The van der Waals surface area contributed by atoms with E-state index in [4.69, 9.17) is 4.74 Å². The van der Waals surface area contributed by atoms with E-state index in [1.165, 1.54) is 40.6 Å². The van der Waals surface area contributed by atoms with Crippen LogP contribution in [0.5, 0.6) is 5.75 Å². The van der Waals surface area contributed by atoms with Crippen molar-refractivity contribution in [2.24, 2.45) is 0 Å². The van der Waals surface area contributed by atoms with Gasteiger partial charge in [0.2, 0.25) is 5.91 Å². The van der Waals surface area contributed by atoms with E-state index < -0.39 is 0 Å². The van der Waals surface area contributed by atoms with E-state index in [0.717, 1.165) is 37.0 Å². The molecular weight excluding hydrogens is 490 g/mol. The molecule has 2 heterocycles. The number of aromatic nitrogens is 3. The highest BCUT2D eigenvalue weighted by atomic mass is 32.2. The van der Waals surface area contributed by atoms with Crippen LogP contribution in [0.25, 0.3) is 0 Å². The van der Waals surface area contributed by atoms with Gasteiger partial charge in [-0.3, -0.25) is 9.36 Å². The molecule has 0 saturated heterocycles. The van der Waals surface area contributed by atoms with Gasteiger partial charge < -0.3 is 10.1 Å². The van der Waals surface area contributed by atoms with Crippen LogP contribution in [0.4, 0.5) is 5.00 Å². The van der Waals surface area contributed by atoms with Crippen LogP contribution in [-0.2, 0) is 30.8 Å². The molecule has 1 aliphatic rings. The number of carbonyl (C=O) groups is 1. The number of nitrogens with one attached hydrogen (secondary N) is 1. The number of thioether (sulfide) groups is 1. The van der Waals surface area contributed by atoms with Crippen molar-refractivity contribution in [3.63, 3.8) is 0 Å². The van der Waals surface area contributed by atoms with E-state index >= 15 is 0 Å². The van der Waals surface area contributed by atoms with E-state index in [1.54, 1.807) is 17.4 Å². The van der Waals surface area contributed by atoms with Gasteiger partial charge in [0.05, 0.1) is 11.3 Å². The summed E-state index contributed by atoms with van der Waals surface area (Å²) in [5.74, 6) is 1.45. The molecule has 36 heavy (non-hydrogen) atoms. The zero-order valence-corrected chi connectivity index (χ0v) is 22.4. The number of carbonyl (C=O) groups excluding carboxylic acids is 1. The molecule has 0 radical (unpaired) electrons. The van der Waals surface area contributed by atoms with Crippen LogP contribution in [-0.4, -0.2) is 26.4 Å². The lowest BCUT2D eigenvalue weighted by atomic mass is 9.97. The summed E-state index contributed by atoms with van der Waals surface area (Å²) in [4.78, 5) is 14.1. The first-order valence-electron chi connectivity index (χ1n) is 12.2. The second kappa shape index (κ2) is 12.2. The number of rotatable bonds is 9. The van der Waals surface area contributed by atoms with Crippen LogP contribution >= 0.6 is 23.1 Å². The Bertz CT molecular complexity index is 1290. The van der Waals surface area contributed by atoms with Crippen LogP contribution in [0, 0.1) is 25.2 Å². The standard InChI is InChI=1S/C27H31N5O2S2/c1-4-13-32-24(16-34-20-12-11-18(2)19(3)14-20)30-31-27(32)35-17-25(33)29-26-22(15-28)21-9-7-5-6-8-10-23(21)36-26/h4,11-12,14H,1,5-10,13,16-17H2,2-3H3,(H,29,33). The monoisotopic (exact) mass is 521 g/mol. The lowest BCUT2D eigenvalue weighted by Gasteiger charge is -2.10. The highest BCUT2D eigenvalue weighted by molar-refractivity contribution is 7.99. The zero-order valence-electron chi connectivity index (χ0n) is 20.8. The summed E-state index contributed by atoms with van der Waals surface area (Å²) in [5.41, 5.74) is 4.14. The van der Waals surface area contributed by atoms with Crippen molar-refractivity contribution >= 4 is 34.0 Å². The van der Waals surface area contributed by atoms with Gasteiger partial charge in [-0.25, -0.2) is 0 Å². The first kappa shape index (κ1) is 26.0. The van der Waals surface area contributed by atoms with Gasteiger partial charge >= 0.3 is 0 Å². The molecule has 0 fully saturated rings. The smallest absolute Gasteiger partial charge is 0.235 e. The van der Waals surface area contributed by atoms with Crippen molar-refractivity contribution in [3.05, 3.63) is 63.8 Å². The molecule has 0 unspecified atom stereocenters. The number of nitriles is 1. The number of ether oxygens (including phenoxy) is 1. The predicted molar refractivity (Wildman–Crippen MR) is 145 cm³/mol. The molecule has 0 atom stereocenters. The van der Waals surface area contributed by atoms with E-state index in [1.807, 2.05) is 22.8 Å². The molecule has 1 N–H and O–H groups in total. The molecule has 0 spiro atoms. The van der Waals surface area contributed by atoms with Crippen molar-refractivity contribution in [1.82, 2.24) is 14.8 Å². The summed E-state index contributed by atoms with van der Waals surface area (Å²) in [6, 6.07) is 8.31. The van der Waals surface area contributed by atoms with Crippen molar-refractivity contribution in [1.29, 1.82) is 5.26 Å². The summed E-state index contributed by atoms with van der Waals surface area (Å²) in [5, 5.41) is 22.6. The SMILES string of the molecule is C=CCn1c(COc2ccc(C)c(C)c2)nnc1SCC(=O)Nc1sc2c(c1C#N)CCCCCC2. The number of hydrogen-bond acceptors (Lipinski definition) is 7. The molecule has 2 aromatic heterocycles. The highest BCUT2D eigenvalue weighted by Gasteiger charge is 2.21. The minimum atomic E-state index is -0.160. The molecule has 4 rings (SSSR count). The summed E-state index contributed by atoms with van der Waals surface area (Å²) >= 11 is 2.87. The highest BCUT2D eigenvalue weighted by Crippen LogP contribution is 2.36. The van der Waals surface area contributed by atoms with Crippen LogP contribution < -0.4 is 10.1 Å². The second-order valence-corrected chi connectivity index (χ2v) is 11.0. The fourth-order valence-electron chi connectivity index (χ4n) is 4.22. The molecule has 9 heteroatoms. The van der Waals surface area contributed by atoms with Crippen LogP contribution in [0.3, 0.4) is 0 Å². The van der Waals surface area contributed by atoms with Crippen molar-refractivity contribution in [2.45, 2.75) is 70.7 Å². The summed E-state index contributed by atoms with van der Waals surface area (Å²) in [7, 11) is 0. The molecule has 0 aliphatic heterocycles. The Morgan fingerprint density at radius 3 is 2.81 bits per heavy atom. The number of nitrogens with zero attached hydrogens (tertiary/aromatic N) is 4. The van der Waals surface area contributed by atoms with Gasteiger partial charge in [0, 0.05) is 11.4 Å². The Labute approximate surface area is 220 Å². The van der Waals surface area contributed by atoms with E-state index in [-0.39, 0.29) is 18.3 Å². The van der Waals surface area contributed by atoms with Gasteiger partial charge in [0.25, 0.3) is 0 Å². The lowest BCUT2D eigenvalue weighted by Crippen LogP contribution is -2.15. The van der Waals surface area contributed by atoms with Crippen molar-refractivity contribution in [2.75, 3.05) is 11.1 Å². The maximum atomic E-state index is 12.8. The molecular formula is C27H31N5O2S2. The number of anilines is 1. The van der Waals surface area contributed by atoms with Crippen LogP contribution in [0.2, 0.25) is 0 Å². The summed E-state index contributed by atoms with van der Waals surface area (Å²) in [6.07, 6.45) is 8.32. The van der Waals surface area contributed by atoms with Crippen LogP contribution in [0.15, 0.2) is 36.0 Å². The van der Waals surface area contributed by atoms with Crippen molar-refractivity contribution < 1.29 is 9.53 Å². The average Bonchev–Trinajstić information content (AvgIpc) is 3.38.